The van der Waals surface area contributed by atoms with Crippen molar-refractivity contribution in [3.63, 3.8) is 0 Å². The van der Waals surface area contributed by atoms with Gasteiger partial charge >= 0.3 is 5.69 Å². The first-order chi connectivity index (χ1) is 16.8. The first-order valence-electron chi connectivity index (χ1n) is 10.1. The zero-order valence-corrected chi connectivity index (χ0v) is 18.7. The number of methoxy groups -OCH3 is 2. The highest BCUT2D eigenvalue weighted by atomic mass is 16.6. The molecule has 0 aliphatic heterocycles. The summed E-state index contributed by atoms with van der Waals surface area (Å²) in [4.78, 5) is 41.2. The topological polar surface area (TPSA) is 184 Å². The van der Waals surface area contributed by atoms with Gasteiger partial charge in [-0.15, -0.1) is 0 Å². The molecule has 0 spiro atoms. The van der Waals surface area contributed by atoms with Crippen LogP contribution in [-0.4, -0.2) is 46.5 Å². The van der Waals surface area contributed by atoms with Crippen LogP contribution in [0.2, 0.25) is 0 Å². The molecule has 3 aromatic rings. The highest BCUT2D eigenvalue weighted by molar-refractivity contribution is 5.95. The maximum absolute atomic E-state index is 12.3. The Kier molecular flexibility index (Phi) is 7.90. The summed E-state index contributed by atoms with van der Waals surface area (Å²) in [5.41, 5.74) is 5.06. The summed E-state index contributed by atoms with van der Waals surface area (Å²) < 4.78 is 10.5. The number of nitrogens with one attached hydrogen (secondary N) is 3. The number of nitro groups is 2. The smallest absolute Gasteiger partial charge is 0.354 e. The lowest BCUT2D eigenvalue weighted by molar-refractivity contribution is -0.384. The number of hydrazine groups is 1. The van der Waals surface area contributed by atoms with Crippen molar-refractivity contribution in [3.05, 3.63) is 80.1 Å². The molecule has 0 unspecified atom stereocenters. The van der Waals surface area contributed by atoms with Crippen LogP contribution in [-0.2, 0) is 6.42 Å². The van der Waals surface area contributed by atoms with E-state index in [2.05, 4.69) is 26.1 Å². The zero-order chi connectivity index (χ0) is 25.4. The standard InChI is InChI=1S/C21H21N7O7/c1-34-16-8-3-13(11-17(16)35-2)9-10-22-19-18(28(32)33)20(24-12-23-19)25-26-21(29)14-4-6-15(7-5-14)27(30)31/h3-8,11-12H,9-10H2,1-2H3,(H,26,29)(H2,22,23,24,25). The van der Waals surface area contributed by atoms with E-state index in [4.69, 9.17) is 9.47 Å². The van der Waals surface area contributed by atoms with E-state index in [9.17, 15) is 25.0 Å². The fourth-order valence-electron chi connectivity index (χ4n) is 3.06. The van der Waals surface area contributed by atoms with Gasteiger partial charge in [0.1, 0.15) is 6.33 Å². The van der Waals surface area contributed by atoms with Gasteiger partial charge in [0.25, 0.3) is 11.6 Å². The number of nitrogens with zero attached hydrogens (tertiary/aromatic N) is 4. The molecule has 2 aromatic carbocycles. The molecule has 1 heterocycles. The first-order valence-corrected chi connectivity index (χ1v) is 10.1. The molecule has 0 fully saturated rings. The SMILES string of the molecule is COc1ccc(CCNc2ncnc(NNC(=O)c3ccc([N+](=O)[O-])cc3)c2[N+](=O)[O-])cc1OC. The average Bonchev–Trinajstić information content (AvgIpc) is 2.87. The summed E-state index contributed by atoms with van der Waals surface area (Å²) in [5, 5.41) is 25.3. The second-order valence-electron chi connectivity index (χ2n) is 6.93. The van der Waals surface area contributed by atoms with Crippen LogP contribution in [0.5, 0.6) is 11.5 Å². The van der Waals surface area contributed by atoms with Crippen LogP contribution in [0, 0.1) is 20.2 Å². The van der Waals surface area contributed by atoms with Crippen molar-refractivity contribution in [3.8, 4) is 11.5 Å². The van der Waals surface area contributed by atoms with E-state index < -0.39 is 21.4 Å². The summed E-state index contributed by atoms with van der Waals surface area (Å²) in [5.74, 6) is 0.192. The van der Waals surface area contributed by atoms with E-state index in [1.807, 2.05) is 6.07 Å². The molecule has 0 atom stereocenters. The van der Waals surface area contributed by atoms with Gasteiger partial charge in [-0.25, -0.2) is 9.97 Å². The van der Waals surface area contributed by atoms with E-state index in [1.54, 1.807) is 12.1 Å². The Labute approximate surface area is 198 Å². The second kappa shape index (κ2) is 11.2. The largest absolute Gasteiger partial charge is 0.493 e. The number of hydrogen-bond donors (Lipinski definition) is 3. The van der Waals surface area contributed by atoms with Crippen LogP contribution < -0.4 is 25.6 Å². The molecule has 3 rings (SSSR count). The minimum atomic E-state index is -0.681. The molecule has 3 N–H and O–H groups in total. The first kappa shape index (κ1) is 24.6. The van der Waals surface area contributed by atoms with Gasteiger partial charge in [0.05, 0.1) is 24.1 Å². The molecular formula is C21H21N7O7. The Hall–Kier alpha value is -5.01. The van der Waals surface area contributed by atoms with Crippen molar-refractivity contribution in [2.45, 2.75) is 6.42 Å². The number of anilines is 2. The van der Waals surface area contributed by atoms with Gasteiger partial charge in [-0.1, -0.05) is 6.07 Å². The van der Waals surface area contributed by atoms with Crippen molar-refractivity contribution >= 4 is 28.9 Å². The quantitative estimate of drug-likeness (QED) is 0.269. The molecule has 1 amide bonds. The summed E-state index contributed by atoms with van der Waals surface area (Å²) in [6.07, 6.45) is 1.60. The van der Waals surface area contributed by atoms with Gasteiger partial charge in [0.2, 0.25) is 11.6 Å². The summed E-state index contributed by atoms with van der Waals surface area (Å²) in [6, 6.07) is 10.3. The lowest BCUT2D eigenvalue weighted by Gasteiger charge is -2.12. The molecule has 0 bridgehead atoms. The Bertz CT molecular complexity index is 1240. The minimum Gasteiger partial charge on any atom is -0.493 e. The molecule has 0 saturated carbocycles. The van der Waals surface area contributed by atoms with Gasteiger partial charge in [0.15, 0.2) is 11.5 Å². The van der Waals surface area contributed by atoms with E-state index in [0.29, 0.717) is 24.5 Å². The molecule has 14 nitrogen and oxygen atoms in total. The number of non-ortho nitro benzene ring substituents is 1. The molecule has 0 aliphatic rings. The van der Waals surface area contributed by atoms with E-state index in [-0.39, 0.29) is 22.9 Å². The lowest BCUT2D eigenvalue weighted by Crippen LogP contribution is -2.30. The molecule has 182 valence electrons. The average molecular weight is 483 g/mol. The fraction of sp³-hybridized carbons (Fsp3) is 0.190. The van der Waals surface area contributed by atoms with Crippen molar-refractivity contribution in [1.82, 2.24) is 15.4 Å². The van der Waals surface area contributed by atoms with E-state index >= 15 is 0 Å². The predicted octanol–water partition coefficient (Wildman–Crippen LogP) is 2.72. The van der Waals surface area contributed by atoms with Gasteiger partial charge in [-0.3, -0.25) is 35.9 Å². The second-order valence-corrected chi connectivity index (χ2v) is 6.93. The molecule has 0 saturated heterocycles. The maximum atomic E-state index is 12.3. The Balaban J connectivity index is 1.67. The molecule has 1 aromatic heterocycles. The number of nitro benzene ring substituents is 1. The Morgan fingerprint density at radius 1 is 0.943 bits per heavy atom. The predicted molar refractivity (Wildman–Crippen MR) is 125 cm³/mol. The summed E-state index contributed by atoms with van der Waals surface area (Å²) in [7, 11) is 3.06. The highest BCUT2D eigenvalue weighted by Crippen LogP contribution is 2.29. The van der Waals surface area contributed by atoms with Crippen LogP contribution >= 0.6 is 0 Å². The van der Waals surface area contributed by atoms with Gasteiger partial charge in [-0.2, -0.15) is 0 Å². The van der Waals surface area contributed by atoms with Crippen molar-refractivity contribution in [1.29, 1.82) is 0 Å². The zero-order valence-electron chi connectivity index (χ0n) is 18.7. The van der Waals surface area contributed by atoms with Crippen LogP contribution in [0.1, 0.15) is 15.9 Å². The third-order valence-electron chi connectivity index (χ3n) is 4.79. The number of benzene rings is 2. The molecule has 14 heteroatoms. The Morgan fingerprint density at radius 3 is 2.26 bits per heavy atom. The number of hydrogen-bond acceptors (Lipinski definition) is 11. The van der Waals surface area contributed by atoms with E-state index in [0.717, 1.165) is 11.9 Å². The number of carbonyl (C=O) groups is 1. The van der Waals surface area contributed by atoms with Crippen LogP contribution in [0.4, 0.5) is 23.0 Å². The summed E-state index contributed by atoms with van der Waals surface area (Å²) >= 11 is 0. The molecule has 0 radical (unpaired) electrons. The van der Waals surface area contributed by atoms with Crippen molar-refractivity contribution in [2.75, 3.05) is 31.5 Å². The maximum Gasteiger partial charge on any atom is 0.354 e. The number of ether oxygens (including phenoxy) is 2. The minimum absolute atomic E-state index is 0.0439. The number of carbonyl (C=O) groups excluding carboxylic acids is 1. The third kappa shape index (κ3) is 6.07. The summed E-state index contributed by atoms with van der Waals surface area (Å²) in [6.45, 7) is 0.307. The highest BCUT2D eigenvalue weighted by Gasteiger charge is 2.23. The van der Waals surface area contributed by atoms with Gasteiger partial charge in [0, 0.05) is 24.2 Å². The molecular weight excluding hydrogens is 462 g/mol. The van der Waals surface area contributed by atoms with Crippen LogP contribution in [0.15, 0.2) is 48.8 Å². The van der Waals surface area contributed by atoms with Gasteiger partial charge < -0.3 is 14.8 Å². The number of amides is 1. The molecule has 0 aliphatic carbocycles. The Morgan fingerprint density at radius 2 is 1.63 bits per heavy atom. The third-order valence-corrected chi connectivity index (χ3v) is 4.79. The lowest BCUT2D eigenvalue weighted by atomic mass is 10.1. The van der Waals surface area contributed by atoms with Crippen LogP contribution in [0.25, 0.3) is 0 Å². The number of aromatic nitrogens is 2. The van der Waals surface area contributed by atoms with Gasteiger partial charge in [-0.05, 0) is 36.2 Å². The monoisotopic (exact) mass is 483 g/mol. The van der Waals surface area contributed by atoms with Crippen molar-refractivity contribution in [2.24, 2.45) is 0 Å². The number of rotatable bonds is 11. The van der Waals surface area contributed by atoms with E-state index in [1.165, 1.54) is 38.5 Å². The normalized spacial score (nSPS) is 10.2. The molecule has 35 heavy (non-hydrogen) atoms. The van der Waals surface area contributed by atoms with Crippen LogP contribution in [0.3, 0.4) is 0 Å². The van der Waals surface area contributed by atoms with Crippen molar-refractivity contribution < 1.29 is 24.1 Å². The fourth-order valence-corrected chi connectivity index (χ4v) is 3.06.